The first-order chi connectivity index (χ1) is 9.37. The van der Waals surface area contributed by atoms with Gasteiger partial charge in [-0.25, -0.2) is 4.98 Å². The molecule has 1 aromatic rings. The van der Waals surface area contributed by atoms with Crippen molar-refractivity contribution in [2.75, 3.05) is 12.4 Å². The van der Waals surface area contributed by atoms with Crippen LogP contribution in [-0.4, -0.2) is 33.9 Å². The molecule has 2 rings (SSSR count). The number of hydrogen-bond donors (Lipinski definition) is 1. The van der Waals surface area contributed by atoms with Gasteiger partial charge >= 0.3 is 0 Å². The van der Waals surface area contributed by atoms with Gasteiger partial charge in [-0.15, -0.1) is 5.10 Å². The second-order valence-electron chi connectivity index (χ2n) is 6.29. The zero-order valence-electron chi connectivity index (χ0n) is 13.4. The molecule has 0 aliphatic heterocycles. The minimum atomic E-state index is -0.0883. The fraction of sp³-hybridized carbons (Fsp3) is 0.800. The number of nitrogens with one attached hydrogen (secondary N) is 1. The van der Waals surface area contributed by atoms with Crippen molar-refractivity contribution < 1.29 is 4.74 Å². The van der Waals surface area contributed by atoms with Gasteiger partial charge in [0.15, 0.2) is 0 Å². The van der Waals surface area contributed by atoms with Gasteiger partial charge in [0, 0.05) is 18.6 Å². The highest BCUT2D eigenvalue weighted by molar-refractivity contribution is 5.32. The van der Waals surface area contributed by atoms with Crippen molar-refractivity contribution in [1.82, 2.24) is 15.2 Å². The molecule has 0 radical (unpaired) electrons. The van der Waals surface area contributed by atoms with Crippen LogP contribution in [0.1, 0.15) is 52.4 Å². The maximum Gasteiger partial charge on any atom is 0.243 e. The van der Waals surface area contributed by atoms with Crippen LogP contribution in [-0.2, 0) is 17.6 Å². The molecule has 1 heterocycles. The van der Waals surface area contributed by atoms with Gasteiger partial charge in [-0.2, -0.15) is 5.10 Å². The van der Waals surface area contributed by atoms with Gasteiger partial charge in [0.25, 0.3) is 0 Å². The number of anilines is 1. The Morgan fingerprint density at radius 2 is 1.80 bits per heavy atom. The van der Waals surface area contributed by atoms with E-state index in [2.05, 4.69) is 55.1 Å². The maximum atomic E-state index is 5.64. The van der Waals surface area contributed by atoms with Gasteiger partial charge in [-0.1, -0.05) is 27.7 Å². The summed E-state index contributed by atoms with van der Waals surface area (Å²) in [6.45, 7) is 10.8. The highest BCUT2D eigenvalue weighted by Crippen LogP contribution is 2.52. The Kier molecular flexibility index (Phi) is 4.00. The molecule has 0 amide bonds. The number of hydrogen-bond acceptors (Lipinski definition) is 5. The molecule has 2 unspecified atom stereocenters. The molecule has 5 nitrogen and oxygen atoms in total. The van der Waals surface area contributed by atoms with Crippen LogP contribution >= 0.6 is 0 Å². The number of rotatable bonds is 5. The molecule has 2 atom stereocenters. The van der Waals surface area contributed by atoms with Crippen LogP contribution in [0.15, 0.2) is 0 Å². The SMILES string of the molecule is CCc1nnc(NC2CC(C)(OC)C2(C)C)nc1CC. The summed E-state index contributed by atoms with van der Waals surface area (Å²) in [6, 6.07) is 0.312. The summed E-state index contributed by atoms with van der Waals surface area (Å²) in [5.74, 6) is 0.635. The average molecular weight is 278 g/mol. The Balaban J connectivity index is 2.13. The predicted octanol–water partition coefficient (Wildman–Crippen LogP) is 2.61. The third-order valence-electron chi connectivity index (χ3n) is 5.09. The lowest BCUT2D eigenvalue weighted by Gasteiger charge is -2.59. The Morgan fingerprint density at radius 3 is 2.30 bits per heavy atom. The molecule has 1 N–H and O–H groups in total. The molecule has 1 aliphatic carbocycles. The zero-order valence-corrected chi connectivity index (χ0v) is 13.4. The Labute approximate surface area is 121 Å². The van der Waals surface area contributed by atoms with E-state index >= 15 is 0 Å². The van der Waals surface area contributed by atoms with Gasteiger partial charge in [-0.05, 0) is 26.2 Å². The molecule has 20 heavy (non-hydrogen) atoms. The van der Waals surface area contributed by atoms with E-state index in [0.29, 0.717) is 12.0 Å². The largest absolute Gasteiger partial charge is 0.378 e. The van der Waals surface area contributed by atoms with Crippen molar-refractivity contribution in [3.8, 4) is 0 Å². The van der Waals surface area contributed by atoms with E-state index in [1.165, 1.54) is 0 Å². The summed E-state index contributed by atoms with van der Waals surface area (Å²) < 4.78 is 5.64. The summed E-state index contributed by atoms with van der Waals surface area (Å²) in [5, 5.41) is 11.9. The Bertz CT molecular complexity index is 489. The molecule has 1 saturated carbocycles. The third-order valence-corrected chi connectivity index (χ3v) is 5.09. The second kappa shape index (κ2) is 5.28. The number of methoxy groups -OCH3 is 1. The molecule has 1 aromatic heterocycles. The summed E-state index contributed by atoms with van der Waals surface area (Å²) in [7, 11) is 1.78. The van der Waals surface area contributed by atoms with E-state index in [1.807, 2.05) is 0 Å². The van der Waals surface area contributed by atoms with E-state index in [-0.39, 0.29) is 11.0 Å². The summed E-state index contributed by atoms with van der Waals surface area (Å²) in [5.41, 5.74) is 1.99. The third kappa shape index (κ3) is 2.28. The van der Waals surface area contributed by atoms with Crippen LogP contribution in [0.5, 0.6) is 0 Å². The molecule has 1 fully saturated rings. The molecule has 112 valence electrons. The van der Waals surface area contributed by atoms with E-state index in [1.54, 1.807) is 7.11 Å². The number of aromatic nitrogens is 3. The number of ether oxygens (including phenoxy) is 1. The normalized spacial score (nSPS) is 28.0. The smallest absolute Gasteiger partial charge is 0.243 e. The van der Waals surface area contributed by atoms with Crippen LogP contribution in [0.25, 0.3) is 0 Å². The molecule has 0 spiro atoms. The lowest BCUT2D eigenvalue weighted by Crippen LogP contribution is -2.65. The minimum Gasteiger partial charge on any atom is -0.378 e. The lowest BCUT2D eigenvalue weighted by atomic mass is 9.56. The van der Waals surface area contributed by atoms with E-state index in [4.69, 9.17) is 4.74 Å². The van der Waals surface area contributed by atoms with Gasteiger partial charge in [0.1, 0.15) is 0 Å². The monoisotopic (exact) mass is 278 g/mol. The van der Waals surface area contributed by atoms with Crippen molar-refractivity contribution >= 4 is 5.95 Å². The highest BCUT2D eigenvalue weighted by Gasteiger charge is 2.58. The second-order valence-corrected chi connectivity index (χ2v) is 6.29. The van der Waals surface area contributed by atoms with Crippen LogP contribution in [0.4, 0.5) is 5.95 Å². The molecule has 0 bridgehead atoms. The van der Waals surface area contributed by atoms with Crippen LogP contribution in [0.2, 0.25) is 0 Å². The van der Waals surface area contributed by atoms with Gasteiger partial charge < -0.3 is 10.1 Å². The first-order valence-electron chi connectivity index (χ1n) is 7.42. The van der Waals surface area contributed by atoms with E-state index in [0.717, 1.165) is 30.7 Å². The minimum absolute atomic E-state index is 0.0426. The quantitative estimate of drug-likeness (QED) is 0.897. The Hall–Kier alpha value is -1.23. The average Bonchev–Trinajstić information content (AvgIpc) is 2.46. The van der Waals surface area contributed by atoms with E-state index < -0.39 is 0 Å². The van der Waals surface area contributed by atoms with Gasteiger partial charge in [0.05, 0.1) is 17.0 Å². The van der Waals surface area contributed by atoms with Gasteiger partial charge in [-0.3, -0.25) is 0 Å². The van der Waals surface area contributed by atoms with E-state index in [9.17, 15) is 0 Å². The summed E-state index contributed by atoms with van der Waals surface area (Å²) >= 11 is 0. The topological polar surface area (TPSA) is 59.9 Å². The maximum absolute atomic E-state index is 5.64. The van der Waals surface area contributed by atoms with Crippen molar-refractivity contribution in [2.24, 2.45) is 5.41 Å². The fourth-order valence-corrected chi connectivity index (χ4v) is 2.88. The molecular formula is C15H26N4O. The first kappa shape index (κ1) is 15.2. The fourth-order valence-electron chi connectivity index (χ4n) is 2.88. The lowest BCUT2D eigenvalue weighted by molar-refractivity contribution is -0.166. The molecule has 0 aromatic carbocycles. The van der Waals surface area contributed by atoms with Crippen molar-refractivity contribution in [1.29, 1.82) is 0 Å². The number of aryl methyl sites for hydroxylation is 2. The molecular weight excluding hydrogens is 252 g/mol. The molecule has 5 heteroatoms. The Morgan fingerprint density at radius 1 is 1.15 bits per heavy atom. The number of nitrogens with zero attached hydrogens (tertiary/aromatic N) is 3. The summed E-state index contributed by atoms with van der Waals surface area (Å²) in [4.78, 5) is 4.60. The van der Waals surface area contributed by atoms with Crippen molar-refractivity contribution in [2.45, 2.75) is 65.5 Å². The first-order valence-corrected chi connectivity index (χ1v) is 7.42. The van der Waals surface area contributed by atoms with Crippen LogP contribution in [0, 0.1) is 5.41 Å². The molecule has 1 aliphatic rings. The van der Waals surface area contributed by atoms with Gasteiger partial charge in [0.2, 0.25) is 5.95 Å². The summed E-state index contributed by atoms with van der Waals surface area (Å²) in [6.07, 6.45) is 2.72. The van der Waals surface area contributed by atoms with Crippen LogP contribution in [0.3, 0.4) is 0 Å². The highest BCUT2D eigenvalue weighted by atomic mass is 16.5. The molecule has 0 saturated heterocycles. The predicted molar refractivity (Wildman–Crippen MR) is 79.8 cm³/mol. The standard InChI is InChI=1S/C15H26N4O/c1-7-10-11(8-2)18-19-13(16-10)17-12-9-15(5,20-6)14(12,3)4/h12H,7-9H2,1-6H3,(H,16,17,19). The van der Waals surface area contributed by atoms with Crippen molar-refractivity contribution in [3.63, 3.8) is 0 Å². The van der Waals surface area contributed by atoms with Crippen LogP contribution < -0.4 is 5.32 Å². The zero-order chi connectivity index (χ0) is 15.0. The van der Waals surface area contributed by atoms with Crippen molar-refractivity contribution in [3.05, 3.63) is 11.4 Å².